The van der Waals surface area contributed by atoms with Crippen molar-refractivity contribution in [2.75, 3.05) is 13.8 Å². The van der Waals surface area contributed by atoms with Gasteiger partial charge in [-0.1, -0.05) is 6.92 Å². The summed E-state index contributed by atoms with van der Waals surface area (Å²) in [6, 6.07) is 0. The van der Waals surface area contributed by atoms with E-state index in [2.05, 4.69) is 4.74 Å². The lowest BCUT2D eigenvalue weighted by Crippen LogP contribution is -2.39. The highest BCUT2D eigenvalue weighted by Gasteiger charge is 2.41. The maximum atomic E-state index is 12.5. The summed E-state index contributed by atoms with van der Waals surface area (Å²) in [5.41, 5.74) is -1.36. The summed E-state index contributed by atoms with van der Waals surface area (Å²) in [5, 5.41) is 0. The van der Waals surface area contributed by atoms with E-state index in [4.69, 9.17) is 0 Å². The molecule has 0 spiro atoms. The van der Waals surface area contributed by atoms with Crippen LogP contribution in [0.25, 0.3) is 0 Å². The number of hydrogen-bond donors (Lipinski definition) is 0. The average Bonchev–Trinajstić information content (AvgIpc) is 2.32. The number of esters is 1. The molecule has 1 unspecified atom stereocenters. The third-order valence-electron chi connectivity index (χ3n) is 3.03. The summed E-state index contributed by atoms with van der Waals surface area (Å²) in [4.78, 5) is 34.5. The molecule has 0 aliphatic rings. The van der Waals surface area contributed by atoms with Crippen LogP contribution in [-0.2, 0) is 19.1 Å². The summed E-state index contributed by atoms with van der Waals surface area (Å²) >= 11 is 0. The summed E-state index contributed by atoms with van der Waals surface area (Å²) in [7, 11) is 1.23. The highest BCUT2D eigenvalue weighted by Crippen LogP contribution is 2.32. The van der Waals surface area contributed by atoms with Crippen LogP contribution >= 0.6 is 0 Å². The third kappa shape index (κ3) is 3.91. The molecule has 4 nitrogen and oxygen atoms in total. The number of alkyl halides is 1. The van der Waals surface area contributed by atoms with E-state index in [1.165, 1.54) is 14.0 Å². The molecule has 0 bridgehead atoms. The Morgan fingerprint density at radius 1 is 1.24 bits per heavy atom. The first-order chi connectivity index (χ1) is 7.94. The SMILES string of the molecule is CCC(=O)C(CCF)(CCC(=O)OC)C(C)=O. The van der Waals surface area contributed by atoms with Crippen LogP contribution in [0.3, 0.4) is 0 Å². The normalized spacial score (nSPS) is 13.9. The molecule has 1 atom stereocenters. The molecule has 0 heterocycles. The minimum absolute atomic E-state index is 0.0194. The second kappa shape index (κ2) is 7.14. The maximum absolute atomic E-state index is 12.5. The summed E-state index contributed by atoms with van der Waals surface area (Å²) in [6.07, 6.45) is -0.0415. The van der Waals surface area contributed by atoms with E-state index in [0.29, 0.717) is 0 Å². The van der Waals surface area contributed by atoms with Gasteiger partial charge in [-0.2, -0.15) is 0 Å². The number of ether oxygens (including phenoxy) is 1. The summed E-state index contributed by atoms with van der Waals surface area (Å²) < 4.78 is 17.0. The topological polar surface area (TPSA) is 60.4 Å². The van der Waals surface area contributed by atoms with E-state index in [1.54, 1.807) is 6.92 Å². The van der Waals surface area contributed by atoms with Crippen LogP contribution in [0.5, 0.6) is 0 Å². The van der Waals surface area contributed by atoms with E-state index in [9.17, 15) is 18.8 Å². The fraction of sp³-hybridized carbons (Fsp3) is 0.750. The number of hydrogen-bond acceptors (Lipinski definition) is 4. The highest BCUT2D eigenvalue weighted by atomic mass is 19.1. The second-order valence-electron chi connectivity index (χ2n) is 3.93. The van der Waals surface area contributed by atoms with Crippen LogP contribution in [-0.4, -0.2) is 31.3 Å². The number of ketones is 2. The van der Waals surface area contributed by atoms with E-state index < -0.39 is 18.1 Å². The Morgan fingerprint density at radius 2 is 1.82 bits per heavy atom. The van der Waals surface area contributed by atoms with Gasteiger partial charge in [0.25, 0.3) is 0 Å². The number of methoxy groups -OCH3 is 1. The average molecular weight is 246 g/mol. The van der Waals surface area contributed by atoms with Crippen molar-refractivity contribution in [1.29, 1.82) is 0 Å². The Hall–Kier alpha value is -1.26. The van der Waals surface area contributed by atoms with Crippen molar-refractivity contribution >= 4 is 17.5 Å². The standard InChI is InChI=1S/C12H19FO4/c1-4-10(15)12(7-8-13,9(2)14)6-5-11(16)17-3/h4-8H2,1-3H3. The van der Waals surface area contributed by atoms with E-state index in [-0.39, 0.29) is 37.2 Å². The molecule has 0 N–H and O–H groups in total. The molecule has 0 fully saturated rings. The van der Waals surface area contributed by atoms with Gasteiger partial charge in [-0.15, -0.1) is 0 Å². The number of carbonyl (C=O) groups is 3. The van der Waals surface area contributed by atoms with Gasteiger partial charge in [0.2, 0.25) is 0 Å². The smallest absolute Gasteiger partial charge is 0.305 e. The van der Waals surface area contributed by atoms with Crippen LogP contribution in [0, 0.1) is 5.41 Å². The quantitative estimate of drug-likeness (QED) is 0.484. The zero-order valence-corrected chi connectivity index (χ0v) is 10.5. The molecule has 0 aromatic heterocycles. The molecule has 0 rings (SSSR count). The van der Waals surface area contributed by atoms with Gasteiger partial charge in [-0.3, -0.25) is 18.8 Å². The number of halogens is 1. The molecule has 0 saturated carbocycles. The Balaban J connectivity index is 4.97. The predicted octanol–water partition coefficient (Wildman–Crippen LogP) is 1.85. The van der Waals surface area contributed by atoms with Gasteiger partial charge >= 0.3 is 5.97 Å². The van der Waals surface area contributed by atoms with Crippen molar-refractivity contribution in [1.82, 2.24) is 0 Å². The molecule has 5 heteroatoms. The first-order valence-corrected chi connectivity index (χ1v) is 5.61. The molecule has 0 amide bonds. The lowest BCUT2D eigenvalue weighted by molar-refractivity contribution is -0.144. The first kappa shape index (κ1) is 15.7. The van der Waals surface area contributed by atoms with Crippen LogP contribution in [0.4, 0.5) is 4.39 Å². The lowest BCUT2D eigenvalue weighted by atomic mass is 9.72. The van der Waals surface area contributed by atoms with Gasteiger partial charge in [-0.25, -0.2) is 0 Å². The fourth-order valence-electron chi connectivity index (χ4n) is 1.87. The van der Waals surface area contributed by atoms with Crippen molar-refractivity contribution in [2.45, 2.75) is 39.5 Å². The van der Waals surface area contributed by atoms with Gasteiger partial charge in [0.05, 0.1) is 19.2 Å². The monoisotopic (exact) mass is 246 g/mol. The largest absolute Gasteiger partial charge is 0.469 e. The minimum Gasteiger partial charge on any atom is -0.469 e. The highest BCUT2D eigenvalue weighted by molar-refractivity contribution is 6.06. The van der Waals surface area contributed by atoms with Crippen molar-refractivity contribution in [2.24, 2.45) is 5.41 Å². The van der Waals surface area contributed by atoms with Gasteiger partial charge in [0.15, 0.2) is 0 Å². The van der Waals surface area contributed by atoms with Crippen molar-refractivity contribution in [3.05, 3.63) is 0 Å². The van der Waals surface area contributed by atoms with E-state index >= 15 is 0 Å². The molecule has 0 saturated heterocycles. The third-order valence-corrected chi connectivity index (χ3v) is 3.03. The molecular weight excluding hydrogens is 227 g/mol. The van der Waals surface area contributed by atoms with Gasteiger partial charge < -0.3 is 4.74 Å². The van der Waals surface area contributed by atoms with Crippen LogP contribution < -0.4 is 0 Å². The molecule has 0 radical (unpaired) electrons. The molecule has 0 aromatic rings. The molecule has 17 heavy (non-hydrogen) atoms. The van der Waals surface area contributed by atoms with Gasteiger partial charge in [-0.05, 0) is 19.8 Å². The Bertz CT molecular complexity index is 301. The molecule has 0 aliphatic heterocycles. The van der Waals surface area contributed by atoms with Crippen molar-refractivity contribution in [3.63, 3.8) is 0 Å². The minimum atomic E-state index is -1.36. The first-order valence-electron chi connectivity index (χ1n) is 5.61. The maximum Gasteiger partial charge on any atom is 0.305 e. The molecule has 0 aromatic carbocycles. The molecule has 98 valence electrons. The van der Waals surface area contributed by atoms with Crippen LogP contribution in [0.1, 0.15) is 39.5 Å². The Kier molecular flexibility index (Phi) is 6.61. The summed E-state index contributed by atoms with van der Waals surface area (Å²) in [6.45, 7) is 2.13. The zero-order chi connectivity index (χ0) is 13.5. The Morgan fingerprint density at radius 3 is 2.18 bits per heavy atom. The number of carbonyl (C=O) groups excluding carboxylic acids is 3. The van der Waals surface area contributed by atoms with Crippen molar-refractivity contribution in [3.8, 4) is 0 Å². The van der Waals surface area contributed by atoms with Crippen LogP contribution in [0.2, 0.25) is 0 Å². The zero-order valence-electron chi connectivity index (χ0n) is 10.5. The lowest BCUT2D eigenvalue weighted by Gasteiger charge is -2.28. The summed E-state index contributed by atoms with van der Waals surface area (Å²) in [5.74, 6) is -1.20. The van der Waals surface area contributed by atoms with Crippen molar-refractivity contribution < 1.29 is 23.5 Å². The predicted molar refractivity (Wildman–Crippen MR) is 60.3 cm³/mol. The fourth-order valence-corrected chi connectivity index (χ4v) is 1.87. The van der Waals surface area contributed by atoms with Crippen LogP contribution in [0.15, 0.2) is 0 Å². The van der Waals surface area contributed by atoms with Gasteiger partial charge in [0, 0.05) is 12.8 Å². The number of Topliss-reactive ketones (excluding diaryl/α,β-unsaturated/α-hetero) is 2. The Labute approximate surface area is 101 Å². The van der Waals surface area contributed by atoms with E-state index in [0.717, 1.165) is 0 Å². The molecular formula is C12H19FO4. The molecule has 0 aliphatic carbocycles. The van der Waals surface area contributed by atoms with Gasteiger partial charge in [0.1, 0.15) is 11.6 Å². The number of rotatable bonds is 8. The second-order valence-corrected chi connectivity index (χ2v) is 3.93. The van der Waals surface area contributed by atoms with E-state index in [1.807, 2.05) is 0 Å².